The van der Waals surface area contributed by atoms with Gasteiger partial charge in [-0.1, -0.05) is 70.9 Å². The zero-order valence-electron chi connectivity index (χ0n) is 36.8. The Hall–Kier alpha value is -5.48. The lowest BCUT2D eigenvalue weighted by Crippen LogP contribution is -2.61. The summed E-state index contributed by atoms with van der Waals surface area (Å²) in [5.41, 5.74) is 28.5. The molecule has 0 spiro atoms. The number of hydrogen-bond acceptors (Lipinski definition) is 12. The number of nitrogens with one attached hydrogen (secondary N) is 6. The fourth-order valence-electron chi connectivity index (χ4n) is 6.21. The molecule has 0 unspecified atom stereocenters. The van der Waals surface area contributed by atoms with Crippen molar-refractivity contribution >= 4 is 65.9 Å². The average Bonchev–Trinajstić information content (AvgIpc) is 3.25. The van der Waals surface area contributed by atoms with Crippen molar-refractivity contribution in [3.8, 4) is 0 Å². The monoisotopic (exact) mass is 907 g/mol. The normalized spacial score (nSPS) is 15.3. The Morgan fingerprint density at radius 3 is 1.65 bits per heavy atom. The Morgan fingerprint density at radius 2 is 1.13 bits per heavy atom. The zero-order valence-corrected chi connectivity index (χ0v) is 37.7. The van der Waals surface area contributed by atoms with E-state index in [-0.39, 0.29) is 63.3 Å². The summed E-state index contributed by atoms with van der Waals surface area (Å²) < 4.78 is 0. The van der Waals surface area contributed by atoms with Gasteiger partial charge in [0.1, 0.15) is 36.3 Å². The smallest absolute Gasteiger partial charge is 0.326 e. The highest BCUT2D eigenvalue weighted by atomic mass is 32.1. The molecule has 1 aromatic rings. The Morgan fingerprint density at radius 1 is 0.651 bits per heavy atom. The highest BCUT2D eigenvalue weighted by Gasteiger charge is 2.35. The van der Waals surface area contributed by atoms with Crippen LogP contribution in [0.1, 0.15) is 91.0 Å². The number of carbonyl (C=O) groups is 8. The van der Waals surface area contributed by atoms with Crippen LogP contribution in [0.15, 0.2) is 35.3 Å². The number of aliphatic carboxylic acids is 1. The molecule has 1 aromatic carbocycles. The number of rotatable bonds is 31. The maximum absolute atomic E-state index is 14.1. The molecule has 0 radical (unpaired) electrons. The van der Waals surface area contributed by atoms with Gasteiger partial charge in [-0.3, -0.25) is 38.6 Å². The number of guanidine groups is 1. The van der Waals surface area contributed by atoms with E-state index in [0.717, 1.165) is 0 Å². The number of aliphatic imine (C=N–C) groups is 1. The number of benzene rings is 1. The van der Waals surface area contributed by atoms with Crippen molar-refractivity contribution < 1.29 is 43.5 Å². The van der Waals surface area contributed by atoms with Crippen LogP contribution in [0.5, 0.6) is 0 Å². The summed E-state index contributed by atoms with van der Waals surface area (Å²) in [5.74, 6) is -7.71. The maximum atomic E-state index is 14.1. The van der Waals surface area contributed by atoms with Crippen molar-refractivity contribution in [2.75, 3.05) is 18.8 Å². The van der Waals surface area contributed by atoms with Crippen molar-refractivity contribution in [1.82, 2.24) is 31.9 Å². The molecule has 17 N–H and O–H groups in total. The molecule has 0 aliphatic carbocycles. The predicted octanol–water partition coefficient (Wildman–Crippen LogP) is -1.98. The molecule has 63 heavy (non-hydrogen) atoms. The second kappa shape index (κ2) is 29.8. The van der Waals surface area contributed by atoms with Gasteiger partial charge in [0.2, 0.25) is 41.4 Å². The van der Waals surface area contributed by atoms with Crippen LogP contribution in [0.2, 0.25) is 0 Å². The van der Waals surface area contributed by atoms with Crippen LogP contribution in [0.4, 0.5) is 0 Å². The number of thiol groups is 1. The number of carbonyl (C=O) groups excluding carboxylic acids is 7. The summed E-state index contributed by atoms with van der Waals surface area (Å²) >= 11 is 4.06. The van der Waals surface area contributed by atoms with E-state index in [0.29, 0.717) is 31.2 Å². The van der Waals surface area contributed by atoms with E-state index in [4.69, 9.17) is 28.7 Å². The summed E-state index contributed by atoms with van der Waals surface area (Å²) in [6.45, 7) is 7.37. The lowest BCUT2D eigenvalue weighted by atomic mass is 9.96. The second-order valence-corrected chi connectivity index (χ2v) is 15.9. The number of carboxylic acids is 1. The first kappa shape index (κ1) is 55.5. The van der Waals surface area contributed by atoms with Crippen molar-refractivity contribution in [3.63, 3.8) is 0 Å². The molecule has 0 aliphatic heterocycles. The summed E-state index contributed by atoms with van der Waals surface area (Å²) in [5, 5.41) is 25.6. The minimum atomic E-state index is -1.45. The number of unbranched alkanes of at least 4 members (excludes halogenated alkanes) is 1. The van der Waals surface area contributed by atoms with Crippen LogP contribution in [0.25, 0.3) is 0 Å². The first-order valence-electron chi connectivity index (χ1n) is 21.3. The molecule has 0 saturated carbocycles. The van der Waals surface area contributed by atoms with E-state index < -0.39 is 101 Å². The van der Waals surface area contributed by atoms with Gasteiger partial charge in [-0.15, -0.1) is 0 Å². The molecule has 1 rings (SSSR count). The van der Waals surface area contributed by atoms with Crippen LogP contribution >= 0.6 is 12.6 Å². The van der Waals surface area contributed by atoms with Gasteiger partial charge >= 0.3 is 5.97 Å². The molecule has 7 amide bonds. The van der Waals surface area contributed by atoms with Gasteiger partial charge in [-0.05, 0) is 62.5 Å². The molecular weight excluding hydrogens is 837 g/mol. The third-order valence-corrected chi connectivity index (χ3v) is 10.9. The molecule has 0 aliphatic rings. The first-order chi connectivity index (χ1) is 29.8. The minimum absolute atomic E-state index is 0.0000713. The van der Waals surface area contributed by atoms with Crippen LogP contribution in [0.3, 0.4) is 0 Å². The Bertz CT molecular complexity index is 1680. The van der Waals surface area contributed by atoms with Crippen molar-refractivity contribution in [1.29, 1.82) is 0 Å². The van der Waals surface area contributed by atoms with Gasteiger partial charge < -0.3 is 65.7 Å². The second-order valence-electron chi connectivity index (χ2n) is 15.5. The van der Waals surface area contributed by atoms with E-state index in [1.165, 1.54) is 0 Å². The number of primary amides is 1. The molecule has 22 heteroatoms. The predicted molar refractivity (Wildman–Crippen MR) is 241 cm³/mol. The summed E-state index contributed by atoms with van der Waals surface area (Å²) in [6.07, 6.45) is 1.39. The SMILES string of the molecule is CC[C@H](C)[C@H](NC(=O)[C@H](Cc1ccccc1)NC(=O)[C@H](CCC(N)=O)NC(=O)[C@H](CCCCN)NC(=O)[C@@H](NC(=O)[C@H](CCCN=C(N)N)NC(=O)[C@@H](N)CS)[C@@H](C)CC)C(=O)O. The Labute approximate surface area is 374 Å². The standard InChI is InChI=1S/C41H70N12O9S/c1-5-23(3)32(52-37(58)28(16-12-20-47-41(45)46)48-34(55)26(43)22-63)39(60)50-27(15-10-11-19-42)35(56)49-29(17-18-31(44)54)36(57)51-30(21-25-13-8-7-9-14-25)38(59)53-33(40(61)62)24(4)6-2/h7-9,13-14,23-24,26-30,32-33,63H,5-6,10-12,15-22,42-43H2,1-4H3,(H2,44,54)(H,48,55)(H,49,56)(H,50,60)(H,51,57)(H,52,58)(H,53,59)(H,61,62)(H4,45,46,47)/t23-,24-,26-,27-,28-,29-,30-,32-,33-/m0/s1. The van der Waals surface area contributed by atoms with Crippen molar-refractivity contribution in [2.45, 2.75) is 134 Å². The third-order valence-electron chi connectivity index (χ3n) is 10.5. The number of hydrogen-bond donors (Lipinski definition) is 13. The summed E-state index contributed by atoms with van der Waals surface area (Å²) in [7, 11) is 0. The van der Waals surface area contributed by atoms with Crippen LogP contribution in [-0.2, 0) is 44.8 Å². The van der Waals surface area contributed by atoms with Gasteiger partial charge in [0, 0.05) is 25.1 Å². The molecule has 9 atom stereocenters. The molecule has 0 fully saturated rings. The van der Waals surface area contributed by atoms with Crippen molar-refractivity contribution in [2.24, 2.45) is 45.5 Å². The van der Waals surface area contributed by atoms with Gasteiger partial charge in [0.05, 0.1) is 6.04 Å². The fourth-order valence-corrected chi connectivity index (χ4v) is 6.37. The van der Waals surface area contributed by atoms with Gasteiger partial charge in [-0.25, -0.2) is 4.79 Å². The first-order valence-corrected chi connectivity index (χ1v) is 21.9. The summed E-state index contributed by atoms with van der Waals surface area (Å²) in [4.78, 5) is 110. The maximum Gasteiger partial charge on any atom is 0.326 e. The highest BCUT2D eigenvalue weighted by Crippen LogP contribution is 2.14. The molecule has 0 bridgehead atoms. The zero-order chi connectivity index (χ0) is 47.6. The van der Waals surface area contributed by atoms with Gasteiger partial charge in [-0.2, -0.15) is 12.6 Å². The number of amides is 7. The minimum Gasteiger partial charge on any atom is -0.480 e. The largest absolute Gasteiger partial charge is 0.480 e. The average molecular weight is 907 g/mol. The van der Waals surface area contributed by atoms with E-state index in [1.807, 2.05) is 0 Å². The highest BCUT2D eigenvalue weighted by molar-refractivity contribution is 7.80. The summed E-state index contributed by atoms with van der Waals surface area (Å²) in [6, 6.07) is -0.0410. The van der Waals surface area contributed by atoms with Crippen LogP contribution in [0, 0.1) is 11.8 Å². The third kappa shape index (κ3) is 21.0. The van der Waals surface area contributed by atoms with E-state index >= 15 is 0 Å². The van der Waals surface area contributed by atoms with Crippen LogP contribution < -0.4 is 60.6 Å². The lowest BCUT2D eigenvalue weighted by molar-refractivity contribution is -0.143. The van der Waals surface area contributed by atoms with Gasteiger partial charge in [0.15, 0.2) is 5.96 Å². The van der Waals surface area contributed by atoms with E-state index in [2.05, 4.69) is 49.5 Å². The topological polar surface area (TPSA) is 371 Å². The molecular formula is C41H70N12O9S. The molecule has 21 nitrogen and oxygen atoms in total. The number of nitrogens with two attached hydrogens (primary N) is 5. The molecule has 0 saturated heterocycles. The fraction of sp³-hybridized carbons (Fsp3) is 0.634. The van der Waals surface area contributed by atoms with Crippen molar-refractivity contribution in [3.05, 3.63) is 35.9 Å². The molecule has 0 aromatic heterocycles. The molecule has 0 heterocycles. The Balaban J connectivity index is 3.49. The van der Waals surface area contributed by atoms with E-state index in [9.17, 15) is 43.5 Å². The van der Waals surface area contributed by atoms with Gasteiger partial charge in [0.25, 0.3) is 0 Å². The quantitative estimate of drug-likeness (QED) is 0.0167. The number of carboxylic acid groups (broad SMARTS) is 1. The number of nitrogens with zero attached hydrogens (tertiary/aromatic N) is 1. The Kier molecular flexibility index (Phi) is 26.2. The van der Waals surface area contributed by atoms with E-state index in [1.54, 1.807) is 58.0 Å². The lowest BCUT2D eigenvalue weighted by Gasteiger charge is -2.29. The van der Waals surface area contributed by atoms with Crippen LogP contribution in [-0.4, -0.2) is 120 Å². The molecule has 354 valence electrons.